The Morgan fingerprint density at radius 1 is 0.654 bits per heavy atom. The Morgan fingerprint density at radius 3 is 1.72 bits per heavy atom. The molecule has 8 amide bonds. The van der Waals surface area contributed by atoms with Crippen molar-refractivity contribution < 1.29 is 85.1 Å². The molecule has 0 unspecified atom stereocenters. The summed E-state index contributed by atoms with van der Waals surface area (Å²) in [6.07, 6.45) is 2.87. The smallest absolute Gasteiger partial charge is 0.365 e. The molecule has 0 radical (unpaired) electrons. The van der Waals surface area contributed by atoms with Crippen molar-refractivity contribution in [1.29, 1.82) is 0 Å². The van der Waals surface area contributed by atoms with Crippen LogP contribution in [0, 0.1) is 17.6 Å². The van der Waals surface area contributed by atoms with Crippen LogP contribution in [0.3, 0.4) is 0 Å². The molecule has 0 spiro atoms. The van der Waals surface area contributed by atoms with Crippen molar-refractivity contribution >= 4 is 58.3 Å². The van der Waals surface area contributed by atoms with Gasteiger partial charge in [0.05, 0.1) is 113 Å². The zero-order chi connectivity index (χ0) is 58.8. The average Bonchev–Trinajstić information content (AvgIpc) is 4.07. The van der Waals surface area contributed by atoms with Gasteiger partial charge in [-0.15, -0.1) is 0 Å². The Balaban J connectivity index is 0.964. The minimum Gasteiger partial charge on any atom is -0.379 e. The maximum Gasteiger partial charge on any atom is 0.365 e. The minimum atomic E-state index is -1.25. The summed E-state index contributed by atoms with van der Waals surface area (Å²) in [6.45, 7) is 11.0. The van der Waals surface area contributed by atoms with Gasteiger partial charge in [-0.3, -0.25) is 38.5 Å². The van der Waals surface area contributed by atoms with E-state index >= 15 is 4.39 Å². The SMILES string of the molecule is CON(C)C(=O)N1N=C(c2cc(F)ccc2F)S[C@@]1(CCCNC(=O)[C@H](C)NC(=O)[C@@H](NC(=O)CCOCCOCCOCCOCCOCCOCCOCCOCCNC(=O)CCN1C(=O)C=CC1=O)C(C)C)c1ccccc1. The summed E-state index contributed by atoms with van der Waals surface area (Å²) in [5.41, 5.74) is 0.523. The highest BCUT2D eigenvalue weighted by Gasteiger charge is 2.50. The van der Waals surface area contributed by atoms with Crippen LogP contribution in [0.15, 0.2) is 65.8 Å². The van der Waals surface area contributed by atoms with E-state index in [1.807, 2.05) is 0 Å². The monoisotopic (exact) mass is 1160 g/mol. The summed E-state index contributed by atoms with van der Waals surface area (Å²) in [5.74, 6) is -4.26. The third kappa shape index (κ3) is 24.2. The minimum absolute atomic E-state index is 0.00843. The lowest BCUT2D eigenvalue weighted by Gasteiger charge is -2.37. The lowest BCUT2D eigenvalue weighted by Crippen LogP contribution is -2.54. The molecule has 0 saturated heterocycles. The van der Waals surface area contributed by atoms with Gasteiger partial charge in [0.25, 0.3) is 11.8 Å². The Bertz CT molecular complexity index is 2340. The van der Waals surface area contributed by atoms with Crippen molar-refractivity contribution in [3.63, 3.8) is 0 Å². The van der Waals surface area contributed by atoms with Gasteiger partial charge in [0, 0.05) is 57.2 Å². The van der Waals surface area contributed by atoms with E-state index in [1.54, 1.807) is 44.2 Å². The Hall–Kier alpha value is -6.01. The molecule has 2 aromatic carbocycles. The number of thioether (sulfide) groups is 1. The number of urea groups is 1. The normalized spacial score (nSPS) is 15.7. The number of nitrogens with zero attached hydrogens (tertiary/aromatic N) is 4. The highest BCUT2D eigenvalue weighted by atomic mass is 32.2. The number of hydroxylamine groups is 2. The van der Waals surface area contributed by atoms with E-state index < -0.39 is 64.2 Å². The second kappa shape index (κ2) is 37.9. The van der Waals surface area contributed by atoms with E-state index in [0.29, 0.717) is 104 Å². The number of carbonyl (C=O) groups is 7. The summed E-state index contributed by atoms with van der Waals surface area (Å²) in [5, 5.41) is 17.6. The first-order valence-electron chi connectivity index (χ1n) is 26.8. The number of amides is 8. The van der Waals surface area contributed by atoms with Gasteiger partial charge >= 0.3 is 6.03 Å². The van der Waals surface area contributed by atoms with E-state index in [2.05, 4.69) is 26.4 Å². The van der Waals surface area contributed by atoms with Crippen molar-refractivity contribution in [2.75, 3.05) is 140 Å². The predicted octanol–water partition coefficient (Wildman–Crippen LogP) is 2.64. The fourth-order valence-corrected chi connectivity index (χ4v) is 9.03. The summed E-state index contributed by atoms with van der Waals surface area (Å²) in [4.78, 5) is 92.9. The van der Waals surface area contributed by atoms with E-state index in [1.165, 1.54) is 38.2 Å². The van der Waals surface area contributed by atoms with E-state index in [9.17, 15) is 38.0 Å². The molecule has 2 aromatic rings. The number of benzene rings is 2. The predicted molar refractivity (Wildman–Crippen MR) is 292 cm³/mol. The second-order valence-electron chi connectivity index (χ2n) is 18.4. The molecule has 24 nitrogen and oxygen atoms in total. The summed E-state index contributed by atoms with van der Waals surface area (Å²) in [6, 6.07) is 9.36. The van der Waals surface area contributed by atoms with Crippen LogP contribution in [0.2, 0.25) is 0 Å². The van der Waals surface area contributed by atoms with Crippen LogP contribution in [-0.2, 0) is 76.4 Å². The maximum absolute atomic E-state index is 15.1. The van der Waals surface area contributed by atoms with Crippen molar-refractivity contribution in [3.05, 3.63) is 83.4 Å². The van der Waals surface area contributed by atoms with E-state index in [4.69, 9.17) is 42.7 Å². The molecular weight excluding hydrogens is 1090 g/mol. The molecule has 0 aromatic heterocycles. The molecule has 2 heterocycles. The molecule has 27 heteroatoms. The Morgan fingerprint density at radius 2 is 1.19 bits per heavy atom. The van der Waals surface area contributed by atoms with Crippen molar-refractivity contribution in [1.82, 2.24) is 36.2 Å². The third-order valence-electron chi connectivity index (χ3n) is 12.0. The fourth-order valence-electron chi connectivity index (χ4n) is 7.62. The number of nitrogens with one attached hydrogen (secondary N) is 4. The first-order valence-corrected chi connectivity index (χ1v) is 27.6. The molecule has 0 fully saturated rings. The molecular formula is C54H78F2N8O16S. The van der Waals surface area contributed by atoms with E-state index in [-0.39, 0.29) is 74.6 Å². The molecule has 81 heavy (non-hydrogen) atoms. The number of hydrogen-bond donors (Lipinski definition) is 4. The van der Waals surface area contributed by atoms with Crippen LogP contribution < -0.4 is 21.3 Å². The third-order valence-corrected chi connectivity index (χ3v) is 13.5. The molecule has 0 bridgehead atoms. The molecule has 0 saturated carbocycles. The molecule has 4 rings (SSSR count). The van der Waals surface area contributed by atoms with Crippen LogP contribution in [0.1, 0.15) is 57.6 Å². The summed E-state index contributed by atoms with van der Waals surface area (Å²) < 4.78 is 73.3. The Labute approximate surface area is 475 Å². The zero-order valence-electron chi connectivity index (χ0n) is 46.8. The standard InChI is InChI=1S/C54H78F2N8O16S/c1-39(2)49(51(70)59-40(3)50(69)58-19-9-18-54(41-10-7-6-8-11-41)64(53(71)62(4)72-5)61-52(81-54)43-38-42(55)12-13-44(43)56)60-46(66)17-22-73-24-26-75-28-30-77-32-34-79-36-37-80-35-33-78-31-29-76-27-25-74-23-20-57-45(65)16-21-63-47(67)14-15-48(63)68/h6-8,10-15,38-40,49H,9,16-37H2,1-5H3,(H,57,65)(H,58,69)(H,59,70)(H,60,66)/t40-,49-,54-/m0/s1. The van der Waals surface area contributed by atoms with Gasteiger partial charge in [0.15, 0.2) is 0 Å². The van der Waals surface area contributed by atoms with Gasteiger partial charge in [0.1, 0.15) is 33.6 Å². The fraction of sp³-hybridized carbons (Fsp3) is 0.593. The van der Waals surface area contributed by atoms with Crippen LogP contribution in [0.25, 0.3) is 0 Å². The number of rotatable bonds is 42. The van der Waals surface area contributed by atoms with Gasteiger partial charge < -0.3 is 59.2 Å². The largest absolute Gasteiger partial charge is 0.379 e. The van der Waals surface area contributed by atoms with Crippen molar-refractivity contribution in [3.8, 4) is 0 Å². The molecule has 2 aliphatic rings. The first-order chi connectivity index (χ1) is 39.1. The van der Waals surface area contributed by atoms with Crippen LogP contribution >= 0.6 is 11.8 Å². The number of halogens is 2. The first kappa shape index (κ1) is 67.5. The quantitative estimate of drug-likeness (QED) is 0.0423. The van der Waals surface area contributed by atoms with Gasteiger partial charge in [-0.25, -0.2) is 18.6 Å². The summed E-state index contributed by atoms with van der Waals surface area (Å²) in [7, 11) is 2.71. The molecule has 0 aliphatic carbocycles. The van der Waals surface area contributed by atoms with Crippen LogP contribution in [0.5, 0.6) is 0 Å². The lowest BCUT2D eigenvalue weighted by molar-refractivity contribution is -0.137. The highest BCUT2D eigenvalue weighted by Crippen LogP contribution is 2.51. The van der Waals surface area contributed by atoms with Gasteiger partial charge in [0.2, 0.25) is 23.6 Å². The lowest BCUT2D eigenvalue weighted by atomic mass is 10.0. The number of carbonyl (C=O) groups excluding carboxylic acids is 7. The van der Waals surface area contributed by atoms with Crippen molar-refractivity contribution in [2.24, 2.45) is 11.0 Å². The van der Waals surface area contributed by atoms with Crippen LogP contribution in [-0.4, -0.2) is 213 Å². The van der Waals surface area contributed by atoms with Crippen molar-refractivity contribution in [2.45, 2.75) is 63.4 Å². The molecule has 2 aliphatic heterocycles. The topological polar surface area (TPSA) is 273 Å². The number of ether oxygens (including phenoxy) is 8. The maximum atomic E-state index is 15.1. The van der Waals surface area contributed by atoms with E-state index in [0.717, 1.165) is 39.9 Å². The van der Waals surface area contributed by atoms with Gasteiger partial charge in [-0.05, 0) is 49.4 Å². The molecule has 3 atom stereocenters. The van der Waals surface area contributed by atoms with Crippen LogP contribution in [0.4, 0.5) is 13.6 Å². The highest BCUT2D eigenvalue weighted by molar-refractivity contribution is 8.15. The second-order valence-corrected chi connectivity index (χ2v) is 19.6. The Kier molecular flexibility index (Phi) is 31.6. The number of hydrogen-bond acceptors (Lipinski definition) is 18. The molecule has 450 valence electrons. The van der Waals surface area contributed by atoms with Gasteiger partial charge in [-0.2, -0.15) is 10.1 Å². The summed E-state index contributed by atoms with van der Waals surface area (Å²) >= 11 is 1.08. The zero-order valence-corrected chi connectivity index (χ0v) is 47.6. The average molecular weight is 1170 g/mol. The molecule has 4 N–H and O–H groups in total. The number of imide groups is 1. The number of hydrazone groups is 1. The van der Waals surface area contributed by atoms with Gasteiger partial charge in [-0.1, -0.05) is 55.9 Å².